The number of carbonyl (C=O) groups excluding carboxylic acids is 1. The molecule has 21 heavy (non-hydrogen) atoms. The third-order valence-corrected chi connectivity index (χ3v) is 4.40. The van der Waals surface area contributed by atoms with E-state index in [0.29, 0.717) is 10.7 Å². The van der Waals surface area contributed by atoms with E-state index in [2.05, 4.69) is 10.3 Å². The maximum atomic E-state index is 11.9. The molecule has 1 unspecified atom stereocenters. The number of aromatic nitrogens is 1. The molecule has 2 aromatic rings. The van der Waals surface area contributed by atoms with Gasteiger partial charge in [0.15, 0.2) is 5.13 Å². The van der Waals surface area contributed by atoms with E-state index in [1.807, 2.05) is 0 Å². The van der Waals surface area contributed by atoms with Crippen LogP contribution in [0.15, 0.2) is 35.8 Å². The maximum Gasteiger partial charge on any atom is 0.335 e. The number of carbonyl (C=O) groups is 2. The van der Waals surface area contributed by atoms with Gasteiger partial charge < -0.3 is 10.4 Å². The van der Waals surface area contributed by atoms with E-state index in [1.165, 1.54) is 23.5 Å². The predicted molar refractivity (Wildman–Crippen MR) is 80.9 cm³/mol. The van der Waals surface area contributed by atoms with Crippen molar-refractivity contribution in [1.82, 2.24) is 4.98 Å². The van der Waals surface area contributed by atoms with Gasteiger partial charge in [0.1, 0.15) is 5.75 Å². The average Bonchev–Trinajstić information content (AvgIpc) is 2.91. The molecule has 0 bridgehead atoms. The fourth-order valence-electron chi connectivity index (χ4n) is 1.62. The van der Waals surface area contributed by atoms with E-state index >= 15 is 0 Å². The van der Waals surface area contributed by atoms with Crippen LogP contribution >= 0.6 is 11.3 Å². The van der Waals surface area contributed by atoms with Crippen LogP contribution in [0.25, 0.3) is 0 Å². The predicted octanol–water partition coefficient (Wildman–Crippen LogP) is 1.73. The van der Waals surface area contributed by atoms with Crippen LogP contribution in [-0.4, -0.2) is 31.9 Å². The van der Waals surface area contributed by atoms with Crippen LogP contribution in [0.3, 0.4) is 0 Å². The van der Waals surface area contributed by atoms with E-state index in [0.717, 1.165) is 0 Å². The van der Waals surface area contributed by atoms with Gasteiger partial charge in [-0.1, -0.05) is 12.1 Å². The van der Waals surface area contributed by atoms with Crippen molar-refractivity contribution in [2.75, 3.05) is 11.1 Å². The van der Waals surface area contributed by atoms with Gasteiger partial charge in [-0.05, 0) is 17.7 Å². The van der Waals surface area contributed by atoms with E-state index in [1.54, 1.807) is 23.7 Å². The Labute approximate surface area is 127 Å². The van der Waals surface area contributed by atoms with E-state index in [-0.39, 0.29) is 23.0 Å². The number of hydrogen-bond acceptors (Lipinski definition) is 5. The zero-order valence-electron chi connectivity index (χ0n) is 10.8. The van der Waals surface area contributed by atoms with Gasteiger partial charge >= 0.3 is 5.97 Å². The number of rotatable bonds is 6. The van der Waals surface area contributed by atoms with Crippen LogP contribution in [0.2, 0.25) is 0 Å². The lowest BCUT2D eigenvalue weighted by molar-refractivity contribution is -0.113. The first kappa shape index (κ1) is 15.3. The number of carboxylic acid groups (broad SMARTS) is 1. The number of aromatic carboxylic acids is 1. The molecule has 0 aliphatic carbocycles. The van der Waals surface area contributed by atoms with Gasteiger partial charge in [-0.25, -0.2) is 9.78 Å². The highest BCUT2D eigenvalue weighted by atomic mass is 32.2. The first-order valence-electron chi connectivity index (χ1n) is 5.91. The van der Waals surface area contributed by atoms with Crippen molar-refractivity contribution in [2.24, 2.45) is 0 Å². The van der Waals surface area contributed by atoms with Crippen molar-refractivity contribution in [1.29, 1.82) is 0 Å². The van der Waals surface area contributed by atoms with Gasteiger partial charge in [-0.15, -0.1) is 11.3 Å². The summed E-state index contributed by atoms with van der Waals surface area (Å²) >= 11 is 1.28. The fourth-order valence-corrected chi connectivity index (χ4v) is 3.18. The molecule has 1 aromatic carbocycles. The molecule has 2 N–H and O–H groups in total. The summed E-state index contributed by atoms with van der Waals surface area (Å²) in [7, 11) is -1.41. The standard InChI is InChI=1S/C13H12N2O4S2/c16-11(15-13-14-4-5-20-13)8-21(19)7-9-2-1-3-10(6-9)12(17)18/h1-6H,7-8H2,(H,17,18)(H,14,15,16). The van der Waals surface area contributed by atoms with Crippen LogP contribution in [0.1, 0.15) is 15.9 Å². The number of anilines is 1. The molecular weight excluding hydrogens is 312 g/mol. The number of hydrogen-bond donors (Lipinski definition) is 2. The van der Waals surface area contributed by atoms with E-state index in [4.69, 9.17) is 5.11 Å². The smallest absolute Gasteiger partial charge is 0.335 e. The van der Waals surface area contributed by atoms with Crippen molar-refractivity contribution in [3.05, 3.63) is 47.0 Å². The molecule has 8 heteroatoms. The number of carboxylic acids is 1. The van der Waals surface area contributed by atoms with Crippen molar-refractivity contribution in [2.45, 2.75) is 5.75 Å². The second kappa shape index (κ2) is 7.09. The van der Waals surface area contributed by atoms with Crippen molar-refractivity contribution in [3.8, 4) is 0 Å². The lowest BCUT2D eigenvalue weighted by atomic mass is 10.1. The molecule has 1 heterocycles. The number of nitrogens with zero attached hydrogens (tertiary/aromatic N) is 1. The lowest BCUT2D eigenvalue weighted by Gasteiger charge is -2.04. The molecule has 110 valence electrons. The Hall–Kier alpha value is -2.06. The molecular formula is C13H12N2O4S2. The largest absolute Gasteiger partial charge is 0.478 e. The van der Waals surface area contributed by atoms with Gasteiger partial charge in [0.2, 0.25) is 5.91 Å². The van der Waals surface area contributed by atoms with Crippen LogP contribution in [0.5, 0.6) is 0 Å². The molecule has 0 spiro atoms. The van der Waals surface area contributed by atoms with Crippen LogP contribution in [-0.2, 0) is 21.3 Å². The number of nitrogens with one attached hydrogen (secondary N) is 1. The van der Waals surface area contributed by atoms with Crippen LogP contribution in [0, 0.1) is 0 Å². The Balaban J connectivity index is 1.91. The molecule has 0 saturated carbocycles. The second-order valence-corrected chi connectivity index (χ2v) is 6.47. The summed E-state index contributed by atoms with van der Waals surface area (Å²) in [5, 5.41) is 13.6. The highest BCUT2D eigenvalue weighted by molar-refractivity contribution is 7.84. The SMILES string of the molecule is O=C(CS(=O)Cc1cccc(C(=O)O)c1)Nc1nccs1. The van der Waals surface area contributed by atoms with Crippen molar-refractivity contribution in [3.63, 3.8) is 0 Å². The monoisotopic (exact) mass is 324 g/mol. The number of benzene rings is 1. The van der Waals surface area contributed by atoms with Crippen LogP contribution in [0.4, 0.5) is 5.13 Å². The Morgan fingerprint density at radius 3 is 2.86 bits per heavy atom. The summed E-state index contributed by atoms with van der Waals surface area (Å²) in [4.78, 5) is 26.4. The molecule has 1 amide bonds. The lowest BCUT2D eigenvalue weighted by Crippen LogP contribution is -2.20. The summed E-state index contributed by atoms with van der Waals surface area (Å²) in [5.41, 5.74) is 0.756. The Morgan fingerprint density at radius 1 is 1.38 bits per heavy atom. The zero-order valence-corrected chi connectivity index (χ0v) is 12.4. The van der Waals surface area contributed by atoms with E-state index in [9.17, 15) is 13.8 Å². The minimum absolute atomic E-state index is 0.131. The number of thiazole rings is 1. The van der Waals surface area contributed by atoms with Gasteiger partial charge in [-0.2, -0.15) is 0 Å². The third-order valence-electron chi connectivity index (χ3n) is 2.47. The molecule has 1 aromatic heterocycles. The summed E-state index contributed by atoms with van der Waals surface area (Å²) in [5.74, 6) is -1.44. The Bertz CT molecular complexity index is 671. The molecule has 0 fully saturated rings. The summed E-state index contributed by atoms with van der Waals surface area (Å²) in [6.07, 6.45) is 1.56. The summed E-state index contributed by atoms with van der Waals surface area (Å²) < 4.78 is 11.9. The van der Waals surface area contributed by atoms with Crippen molar-refractivity contribution < 1.29 is 18.9 Å². The quantitative estimate of drug-likeness (QED) is 0.843. The minimum Gasteiger partial charge on any atom is -0.478 e. The third kappa shape index (κ3) is 4.76. The normalized spacial score (nSPS) is 11.8. The first-order valence-corrected chi connectivity index (χ1v) is 8.28. The molecule has 1 atom stereocenters. The highest BCUT2D eigenvalue weighted by Crippen LogP contribution is 2.11. The number of amides is 1. The van der Waals surface area contributed by atoms with Crippen LogP contribution < -0.4 is 5.32 Å². The van der Waals surface area contributed by atoms with Crippen molar-refractivity contribution >= 4 is 39.1 Å². The van der Waals surface area contributed by atoms with Gasteiger partial charge in [0, 0.05) is 28.1 Å². The molecule has 0 aliphatic heterocycles. The van der Waals surface area contributed by atoms with Gasteiger partial charge in [0.25, 0.3) is 0 Å². The molecule has 2 rings (SSSR count). The van der Waals surface area contributed by atoms with E-state index < -0.39 is 16.8 Å². The Kier molecular flexibility index (Phi) is 5.18. The highest BCUT2D eigenvalue weighted by Gasteiger charge is 2.11. The van der Waals surface area contributed by atoms with Gasteiger partial charge in [0.05, 0.1) is 5.56 Å². The maximum absolute atomic E-state index is 11.9. The Morgan fingerprint density at radius 2 is 2.19 bits per heavy atom. The molecule has 0 radical (unpaired) electrons. The fraction of sp³-hybridized carbons (Fsp3) is 0.154. The second-order valence-electron chi connectivity index (χ2n) is 4.12. The first-order chi connectivity index (χ1) is 10.0. The molecule has 0 saturated heterocycles. The molecule has 0 aliphatic rings. The van der Waals surface area contributed by atoms with Gasteiger partial charge in [-0.3, -0.25) is 9.00 Å². The minimum atomic E-state index is -1.41. The zero-order chi connectivity index (χ0) is 15.2. The topological polar surface area (TPSA) is 96.4 Å². The average molecular weight is 324 g/mol. The summed E-state index contributed by atoms with van der Waals surface area (Å²) in [6, 6.07) is 6.19. The summed E-state index contributed by atoms with van der Waals surface area (Å²) in [6.45, 7) is 0. The molecule has 6 nitrogen and oxygen atoms in total.